The summed E-state index contributed by atoms with van der Waals surface area (Å²) in [5, 5.41) is 0. The molecule has 1 heterocycles. The molecule has 1 aliphatic heterocycles. The molecule has 94 valence electrons. The van der Waals surface area contributed by atoms with Crippen LogP contribution in [0.4, 0.5) is 0 Å². The maximum Gasteiger partial charge on any atom is 0.243 e. The van der Waals surface area contributed by atoms with E-state index in [4.69, 9.17) is 10.5 Å². The zero-order valence-electron chi connectivity index (χ0n) is 10.7. The van der Waals surface area contributed by atoms with Crippen LogP contribution in [0.15, 0.2) is 0 Å². The van der Waals surface area contributed by atoms with Crippen molar-refractivity contribution in [2.45, 2.75) is 51.6 Å². The highest BCUT2D eigenvalue weighted by molar-refractivity contribution is 5.86. The van der Waals surface area contributed by atoms with Crippen LogP contribution in [0.1, 0.15) is 40.0 Å². The maximum absolute atomic E-state index is 12.4. The van der Waals surface area contributed by atoms with Gasteiger partial charge < -0.3 is 15.4 Å². The van der Waals surface area contributed by atoms with E-state index in [1.807, 2.05) is 18.7 Å². The number of carbonyl (C=O) groups excluding carboxylic acids is 1. The monoisotopic (exact) mass is 228 g/mol. The number of carbonyl (C=O) groups is 1. The highest BCUT2D eigenvalue weighted by Crippen LogP contribution is 2.20. The van der Waals surface area contributed by atoms with E-state index in [9.17, 15) is 4.79 Å². The molecule has 0 aliphatic carbocycles. The predicted molar refractivity (Wildman–Crippen MR) is 64.1 cm³/mol. The second kappa shape index (κ2) is 5.64. The Morgan fingerprint density at radius 3 is 2.56 bits per heavy atom. The van der Waals surface area contributed by atoms with Gasteiger partial charge in [-0.3, -0.25) is 4.79 Å². The topological polar surface area (TPSA) is 55.6 Å². The van der Waals surface area contributed by atoms with Crippen molar-refractivity contribution in [3.05, 3.63) is 0 Å². The van der Waals surface area contributed by atoms with Crippen molar-refractivity contribution in [3.63, 3.8) is 0 Å². The lowest BCUT2D eigenvalue weighted by Gasteiger charge is -2.40. The standard InChI is InChI=1S/C12H24N2O2/c1-4-10-9-16-8-7-14(10)11(15)12(13,5-2)6-3/h10H,4-9,13H2,1-3H3. The van der Waals surface area contributed by atoms with Gasteiger partial charge in [-0.25, -0.2) is 0 Å². The molecule has 1 unspecified atom stereocenters. The van der Waals surface area contributed by atoms with E-state index in [0.29, 0.717) is 32.6 Å². The molecule has 16 heavy (non-hydrogen) atoms. The largest absolute Gasteiger partial charge is 0.377 e. The Morgan fingerprint density at radius 1 is 1.44 bits per heavy atom. The van der Waals surface area contributed by atoms with E-state index in [1.165, 1.54) is 0 Å². The number of ether oxygens (including phenoxy) is 1. The zero-order chi connectivity index (χ0) is 12.2. The van der Waals surface area contributed by atoms with E-state index in [2.05, 4.69) is 6.92 Å². The van der Waals surface area contributed by atoms with E-state index in [0.717, 1.165) is 6.42 Å². The molecule has 2 N–H and O–H groups in total. The van der Waals surface area contributed by atoms with Crippen LogP contribution in [0.25, 0.3) is 0 Å². The molecular weight excluding hydrogens is 204 g/mol. The molecule has 4 heteroatoms. The van der Waals surface area contributed by atoms with E-state index < -0.39 is 5.54 Å². The summed E-state index contributed by atoms with van der Waals surface area (Å²) in [4.78, 5) is 14.3. The molecule has 1 amide bonds. The molecule has 1 saturated heterocycles. The van der Waals surface area contributed by atoms with Crippen LogP contribution in [-0.2, 0) is 9.53 Å². The number of nitrogens with two attached hydrogens (primary N) is 1. The number of amides is 1. The number of hydrogen-bond donors (Lipinski definition) is 1. The smallest absolute Gasteiger partial charge is 0.243 e. The van der Waals surface area contributed by atoms with Gasteiger partial charge in [-0.05, 0) is 19.3 Å². The first-order valence-electron chi connectivity index (χ1n) is 6.26. The fourth-order valence-electron chi connectivity index (χ4n) is 2.10. The average Bonchev–Trinajstić information content (AvgIpc) is 2.36. The van der Waals surface area contributed by atoms with Crippen LogP contribution in [0, 0.1) is 0 Å². The van der Waals surface area contributed by atoms with Crippen LogP contribution >= 0.6 is 0 Å². The molecule has 0 spiro atoms. The average molecular weight is 228 g/mol. The van der Waals surface area contributed by atoms with Gasteiger partial charge >= 0.3 is 0 Å². The predicted octanol–water partition coefficient (Wildman–Crippen LogP) is 1.14. The lowest BCUT2D eigenvalue weighted by molar-refractivity contribution is -0.146. The third-order valence-corrected chi connectivity index (χ3v) is 3.65. The van der Waals surface area contributed by atoms with Crippen molar-refractivity contribution >= 4 is 5.91 Å². The lowest BCUT2D eigenvalue weighted by Crippen LogP contribution is -2.60. The summed E-state index contributed by atoms with van der Waals surface area (Å²) in [6.45, 7) is 7.98. The van der Waals surface area contributed by atoms with Gasteiger partial charge in [0.1, 0.15) is 0 Å². The molecular formula is C12H24N2O2. The van der Waals surface area contributed by atoms with Crippen molar-refractivity contribution < 1.29 is 9.53 Å². The van der Waals surface area contributed by atoms with Crippen LogP contribution < -0.4 is 5.73 Å². The molecule has 0 radical (unpaired) electrons. The van der Waals surface area contributed by atoms with E-state index >= 15 is 0 Å². The molecule has 0 bridgehead atoms. The SMILES string of the molecule is CCC1COCCN1C(=O)C(N)(CC)CC. The number of hydrogen-bond acceptors (Lipinski definition) is 3. The van der Waals surface area contributed by atoms with Crippen molar-refractivity contribution in [1.82, 2.24) is 4.90 Å². The lowest BCUT2D eigenvalue weighted by atomic mass is 9.91. The third-order valence-electron chi connectivity index (χ3n) is 3.65. The fourth-order valence-corrected chi connectivity index (χ4v) is 2.10. The highest BCUT2D eigenvalue weighted by Gasteiger charge is 2.37. The quantitative estimate of drug-likeness (QED) is 0.785. The van der Waals surface area contributed by atoms with Gasteiger partial charge in [-0.2, -0.15) is 0 Å². The summed E-state index contributed by atoms with van der Waals surface area (Å²) in [6.07, 6.45) is 2.31. The Kier molecular flexibility index (Phi) is 4.74. The molecule has 0 aromatic rings. The van der Waals surface area contributed by atoms with Crippen LogP contribution in [0.5, 0.6) is 0 Å². The first kappa shape index (κ1) is 13.5. The summed E-state index contributed by atoms with van der Waals surface area (Å²) in [6, 6.07) is 0.197. The summed E-state index contributed by atoms with van der Waals surface area (Å²) in [5.41, 5.74) is 5.47. The van der Waals surface area contributed by atoms with Gasteiger partial charge in [0.15, 0.2) is 0 Å². The minimum atomic E-state index is -0.690. The second-order valence-electron chi connectivity index (χ2n) is 4.50. The molecule has 0 saturated carbocycles. The highest BCUT2D eigenvalue weighted by atomic mass is 16.5. The van der Waals surface area contributed by atoms with Crippen LogP contribution in [0.2, 0.25) is 0 Å². The van der Waals surface area contributed by atoms with Crippen LogP contribution in [0.3, 0.4) is 0 Å². The fraction of sp³-hybridized carbons (Fsp3) is 0.917. The van der Waals surface area contributed by atoms with Crippen molar-refractivity contribution in [2.24, 2.45) is 5.73 Å². The van der Waals surface area contributed by atoms with Gasteiger partial charge in [0.2, 0.25) is 5.91 Å². The van der Waals surface area contributed by atoms with Crippen molar-refractivity contribution in [3.8, 4) is 0 Å². The Labute approximate surface area is 98.1 Å². The molecule has 4 nitrogen and oxygen atoms in total. The van der Waals surface area contributed by atoms with Gasteiger partial charge in [0, 0.05) is 6.54 Å². The van der Waals surface area contributed by atoms with Gasteiger partial charge in [-0.1, -0.05) is 20.8 Å². The van der Waals surface area contributed by atoms with Gasteiger partial charge in [-0.15, -0.1) is 0 Å². The Balaban J connectivity index is 2.77. The number of nitrogens with zero attached hydrogens (tertiary/aromatic N) is 1. The van der Waals surface area contributed by atoms with E-state index in [1.54, 1.807) is 0 Å². The number of morpholine rings is 1. The minimum Gasteiger partial charge on any atom is -0.377 e. The van der Waals surface area contributed by atoms with Gasteiger partial charge in [0.05, 0.1) is 24.8 Å². The molecule has 1 aliphatic rings. The second-order valence-corrected chi connectivity index (χ2v) is 4.50. The van der Waals surface area contributed by atoms with Gasteiger partial charge in [0.25, 0.3) is 0 Å². The summed E-state index contributed by atoms with van der Waals surface area (Å²) in [5.74, 6) is 0.0904. The molecule has 1 atom stereocenters. The van der Waals surface area contributed by atoms with Crippen LogP contribution in [-0.4, -0.2) is 42.1 Å². The normalized spacial score (nSPS) is 22.2. The summed E-state index contributed by atoms with van der Waals surface area (Å²) >= 11 is 0. The first-order valence-corrected chi connectivity index (χ1v) is 6.26. The summed E-state index contributed by atoms with van der Waals surface area (Å²) < 4.78 is 5.40. The molecule has 0 aromatic carbocycles. The van der Waals surface area contributed by atoms with Crippen molar-refractivity contribution in [1.29, 1.82) is 0 Å². The minimum absolute atomic E-state index is 0.0904. The zero-order valence-corrected chi connectivity index (χ0v) is 10.7. The Hall–Kier alpha value is -0.610. The van der Waals surface area contributed by atoms with E-state index in [-0.39, 0.29) is 11.9 Å². The first-order chi connectivity index (χ1) is 7.59. The van der Waals surface area contributed by atoms with Crippen molar-refractivity contribution in [2.75, 3.05) is 19.8 Å². The summed E-state index contributed by atoms with van der Waals surface area (Å²) in [7, 11) is 0. The molecule has 1 fully saturated rings. The molecule has 1 rings (SSSR count). The molecule has 0 aromatic heterocycles. The number of rotatable bonds is 4. The third kappa shape index (κ3) is 2.55. The Bertz CT molecular complexity index is 239. The Morgan fingerprint density at radius 2 is 2.06 bits per heavy atom. The maximum atomic E-state index is 12.4.